The predicted octanol–water partition coefficient (Wildman–Crippen LogP) is -2.02. The molecule has 0 fully saturated rings. The molecule has 0 heterocycles. The van der Waals surface area contributed by atoms with Crippen molar-refractivity contribution in [3.05, 3.63) is 0 Å². The zero-order chi connectivity index (χ0) is 8.69. The molecule has 5 nitrogen and oxygen atoms in total. The zero-order valence-electron chi connectivity index (χ0n) is 7.23. The monoisotopic (exact) mass is 186 g/mol. The summed E-state index contributed by atoms with van der Waals surface area (Å²) in [5, 5.41) is 25.3. The Kier molecular flexibility index (Phi) is 11.7. The van der Waals surface area contributed by atoms with Gasteiger partial charge in [0.2, 0.25) is 0 Å². The van der Waals surface area contributed by atoms with Gasteiger partial charge in [-0.15, -0.1) is 0 Å². The molecule has 0 aliphatic carbocycles. The molecule has 0 saturated carbocycles. The van der Waals surface area contributed by atoms with Crippen LogP contribution in [0.1, 0.15) is 0 Å². The SMILES string of the molecule is O=C(O)CN(CCO)CCO.[Na]. The van der Waals surface area contributed by atoms with E-state index in [1.165, 1.54) is 4.90 Å². The fourth-order valence-corrected chi connectivity index (χ4v) is 0.744. The van der Waals surface area contributed by atoms with Gasteiger partial charge in [0.15, 0.2) is 0 Å². The summed E-state index contributed by atoms with van der Waals surface area (Å²) in [6.45, 7) is 0.251. The standard InChI is InChI=1S/C6H13NO4.Na/c8-3-1-7(2-4-9)5-6(10)11;/h8-9H,1-5H2,(H,10,11);. The molecule has 3 N–H and O–H groups in total. The molecule has 0 rings (SSSR count). The number of aliphatic hydroxyl groups excluding tert-OH is 2. The maximum atomic E-state index is 10.2. The number of carbonyl (C=O) groups is 1. The van der Waals surface area contributed by atoms with Crippen LogP contribution in [0.25, 0.3) is 0 Å². The molecule has 0 atom stereocenters. The average Bonchev–Trinajstić information content (AvgIpc) is 1.87. The van der Waals surface area contributed by atoms with E-state index in [4.69, 9.17) is 15.3 Å². The number of carboxylic acid groups (broad SMARTS) is 1. The van der Waals surface area contributed by atoms with Gasteiger partial charge in [0.1, 0.15) is 0 Å². The quantitative estimate of drug-likeness (QED) is 0.417. The largest absolute Gasteiger partial charge is 0.480 e. The van der Waals surface area contributed by atoms with Crippen LogP contribution in [0.4, 0.5) is 0 Å². The summed E-state index contributed by atoms with van der Waals surface area (Å²) in [5.41, 5.74) is 0. The second-order valence-corrected chi connectivity index (χ2v) is 2.12. The van der Waals surface area contributed by atoms with E-state index in [9.17, 15) is 4.79 Å². The fourth-order valence-electron chi connectivity index (χ4n) is 0.744. The Morgan fingerprint density at radius 3 is 1.83 bits per heavy atom. The van der Waals surface area contributed by atoms with Gasteiger partial charge in [-0.05, 0) is 0 Å². The first kappa shape index (κ1) is 14.9. The van der Waals surface area contributed by atoms with Crippen molar-refractivity contribution in [2.45, 2.75) is 0 Å². The Morgan fingerprint density at radius 2 is 1.58 bits per heavy atom. The van der Waals surface area contributed by atoms with Crippen molar-refractivity contribution >= 4 is 35.5 Å². The van der Waals surface area contributed by atoms with Crippen LogP contribution in [0.3, 0.4) is 0 Å². The van der Waals surface area contributed by atoms with E-state index in [1.807, 2.05) is 0 Å². The molecule has 0 bridgehead atoms. The molecule has 12 heavy (non-hydrogen) atoms. The Morgan fingerprint density at radius 1 is 1.17 bits per heavy atom. The maximum absolute atomic E-state index is 10.2. The van der Waals surface area contributed by atoms with Crippen molar-refractivity contribution in [2.24, 2.45) is 0 Å². The summed E-state index contributed by atoms with van der Waals surface area (Å²) in [5.74, 6) is -0.952. The molecular formula is C6H13NNaO4. The van der Waals surface area contributed by atoms with Gasteiger partial charge in [-0.3, -0.25) is 9.69 Å². The molecule has 0 aliphatic heterocycles. The van der Waals surface area contributed by atoms with E-state index in [-0.39, 0.29) is 62.4 Å². The minimum absolute atomic E-state index is 0. The normalized spacial score (nSPS) is 9.58. The molecule has 0 saturated heterocycles. The summed E-state index contributed by atoms with van der Waals surface area (Å²) in [6.07, 6.45) is 0. The van der Waals surface area contributed by atoms with Crippen LogP contribution >= 0.6 is 0 Å². The van der Waals surface area contributed by atoms with Gasteiger partial charge in [-0.2, -0.15) is 0 Å². The number of rotatable bonds is 6. The number of nitrogens with zero attached hydrogens (tertiary/aromatic N) is 1. The number of aliphatic carboxylic acids is 1. The summed E-state index contributed by atoms with van der Waals surface area (Å²) < 4.78 is 0. The molecule has 0 aromatic rings. The third-order valence-electron chi connectivity index (χ3n) is 1.19. The molecule has 0 amide bonds. The number of aliphatic hydroxyl groups is 2. The minimum atomic E-state index is -0.952. The molecule has 0 spiro atoms. The van der Waals surface area contributed by atoms with Gasteiger partial charge in [-0.25, -0.2) is 0 Å². The van der Waals surface area contributed by atoms with Crippen LogP contribution < -0.4 is 0 Å². The first-order chi connectivity index (χ1) is 5.20. The first-order valence-corrected chi connectivity index (χ1v) is 3.36. The number of hydrogen-bond acceptors (Lipinski definition) is 4. The Balaban J connectivity index is 0. The summed E-state index contributed by atoms with van der Waals surface area (Å²) in [6, 6.07) is 0. The molecule has 1 radical (unpaired) electrons. The summed E-state index contributed by atoms with van der Waals surface area (Å²) in [4.78, 5) is 11.6. The Labute approximate surface area is 93.3 Å². The smallest absolute Gasteiger partial charge is 0.317 e. The van der Waals surface area contributed by atoms with Gasteiger partial charge < -0.3 is 15.3 Å². The van der Waals surface area contributed by atoms with Crippen molar-refractivity contribution in [1.82, 2.24) is 4.90 Å². The van der Waals surface area contributed by atoms with Crippen molar-refractivity contribution in [3.8, 4) is 0 Å². The Hall–Kier alpha value is 0.350. The number of hydrogen-bond donors (Lipinski definition) is 3. The van der Waals surface area contributed by atoms with E-state index >= 15 is 0 Å². The zero-order valence-corrected chi connectivity index (χ0v) is 9.23. The van der Waals surface area contributed by atoms with Crippen molar-refractivity contribution < 1.29 is 20.1 Å². The molecule has 0 aromatic heterocycles. The molecule has 0 aliphatic rings. The van der Waals surface area contributed by atoms with Gasteiger partial charge in [-0.1, -0.05) is 0 Å². The van der Waals surface area contributed by atoms with E-state index in [0.717, 1.165) is 0 Å². The topological polar surface area (TPSA) is 81.0 Å². The van der Waals surface area contributed by atoms with Crippen LogP contribution in [-0.2, 0) is 4.79 Å². The van der Waals surface area contributed by atoms with E-state index in [0.29, 0.717) is 0 Å². The second-order valence-electron chi connectivity index (χ2n) is 2.12. The van der Waals surface area contributed by atoms with E-state index in [1.54, 1.807) is 0 Å². The number of carboxylic acids is 1. The Bertz CT molecular complexity index is 116. The first-order valence-electron chi connectivity index (χ1n) is 3.36. The van der Waals surface area contributed by atoms with Gasteiger partial charge in [0, 0.05) is 42.6 Å². The van der Waals surface area contributed by atoms with Crippen LogP contribution in [-0.4, -0.2) is 88.6 Å². The third kappa shape index (κ3) is 8.45. The van der Waals surface area contributed by atoms with E-state index < -0.39 is 5.97 Å². The second kappa shape index (κ2) is 9.44. The van der Waals surface area contributed by atoms with Crippen LogP contribution in [0.15, 0.2) is 0 Å². The van der Waals surface area contributed by atoms with Crippen LogP contribution in [0, 0.1) is 0 Å². The summed E-state index contributed by atoms with van der Waals surface area (Å²) >= 11 is 0. The van der Waals surface area contributed by atoms with Gasteiger partial charge in [0.25, 0.3) is 0 Å². The molecule has 0 aromatic carbocycles. The fraction of sp³-hybridized carbons (Fsp3) is 0.833. The van der Waals surface area contributed by atoms with Crippen molar-refractivity contribution in [2.75, 3.05) is 32.8 Å². The average molecular weight is 186 g/mol. The molecule has 0 unspecified atom stereocenters. The van der Waals surface area contributed by atoms with Crippen LogP contribution in [0.5, 0.6) is 0 Å². The third-order valence-corrected chi connectivity index (χ3v) is 1.19. The summed E-state index contributed by atoms with van der Waals surface area (Å²) in [7, 11) is 0. The van der Waals surface area contributed by atoms with E-state index in [2.05, 4.69) is 0 Å². The minimum Gasteiger partial charge on any atom is -0.480 e. The van der Waals surface area contributed by atoms with Crippen molar-refractivity contribution in [3.63, 3.8) is 0 Å². The molecule has 67 valence electrons. The van der Waals surface area contributed by atoms with Crippen LogP contribution in [0.2, 0.25) is 0 Å². The maximum Gasteiger partial charge on any atom is 0.317 e. The van der Waals surface area contributed by atoms with Gasteiger partial charge >= 0.3 is 5.97 Å². The van der Waals surface area contributed by atoms with Gasteiger partial charge in [0.05, 0.1) is 19.8 Å². The predicted molar refractivity (Wildman–Crippen MR) is 44.0 cm³/mol. The molecule has 6 heteroatoms. The van der Waals surface area contributed by atoms with Crippen molar-refractivity contribution in [1.29, 1.82) is 0 Å². The molecular weight excluding hydrogens is 173 g/mol.